The summed E-state index contributed by atoms with van der Waals surface area (Å²) in [6, 6.07) is 18.2. The second-order valence-electron chi connectivity index (χ2n) is 6.91. The number of nitrogens with zero attached hydrogens (tertiary/aromatic N) is 4. The third-order valence-corrected chi connectivity index (χ3v) is 5.70. The zero-order valence-corrected chi connectivity index (χ0v) is 18.4. The standard InChI is InChI=1S/C23H21N5O3S/c1-16(29)18-7-9-19(10-8-18)24-21-22(30)28(27-13-3-4-14-27)23(26-25-21)32-15-17-5-11-20(31-2)12-6-17/h3-14H,15H2,1-2H3,(H,24,25). The largest absolute Gasteiger partial charge is 0.497 e. The fourth-order valence-corrected chi connectivity index (χ4v) is 3.88. The van der Waals surface area contributed by atoms with Crippen molar-refractivity contribution in [3.05, 3.63) is 94.5 Å². The van der Waals surface area contributed by atoms with Crippen molar-refractivity contribution in [2.75, 3.05) is 12.4 Å². The van der Waals surface area contributed by atoms with Crippen molar-refractivity contribution in [1.29, 1.82) is 0 Å². The van der Waals surface area contributed by atoms with Gasteiger partial charge < -0.3 is 10.1 Å². The van der Waals surface area contributed by atoms with Crippen LogP contribution in [0.2, 0.25) is 0 Å². The second kappa shape index (κ2) is 9.52. The van der Waals surface area contributed by atoms with Gasteiger partial charge in [0.05, 0.1) is 7.11 Å². The fourth-order valence-electron chi connectivity index (χ4n) is 2.99. The molecule has 0 aliphatic carbocycles. The number of methoxy groups -OCH3 is 1. The lowest BCUT2D eigenvalue weighted by atomic mass is 10.1. The first-order chi connectivity index (χ1) is 15.5. The number of anilines is 2. The smallest absolute Gasteiger partial charge is 0.316 e. The minimum Gasteiger partial charge on any atom is -0.497 e. The lowest BCUT2D eigenvalue weighted by Crippen LogP contribution is -2.30. The molecule has 0 radical (unpaired) electrons. The Morgan fingerprint density at radius 2 is 1.72 bits per heavy atom. The zero-order chi connectivity index (χ0) is 22.5. The number of benzene rings is 2. The molecule has 4 aromatic rings. The van der Waals surface area contributed by atoms with Crippen LogP contribution in [0, 0.1) is 0 Å². The molecule has 32 heavy (non-hydrogen) atoms. The molecule has 0 aliphatic rings. The molecule has 0 unspecified atom stereocenters. The molecule has 162 valence electrons. The molecule has 8 nitrogen and oxygen atoms in total. The summed E-state index contributed by atoms with van der Waals surface area (Å²) in [6.07, 6.45) is 3.54. The first kappa shape index (κ1) is 21.4. The van der Waals surface area contributed by atoms with E-state index in [2.05, 4.69) is 15.5 Å². The van der Waals surface area contributed by atoms with Crippen molar-refractivity contribution in [3.63, 3.8) is 0 Å². The highest BCUT2D eigenvalue weighted by molar-refractivity contribution is 7.98. The molecule has 0 saturated heterocycles. The Hall–Kier alpha value is -3.85. The van der Waals surface area contributed by atoms with Crippen molar-refractivity contribution >= 4 is 29.1 Å². The van der Waals surface area contributed by atoms with E-state index >= 15 is 0 Å². The molecule has 0 bridgehead atoms. The number of carbonyl (C=O) groups is 1. The van der Waals surface area contributed by atoms with Crippen LogP contribution in [0.4, 0.5) is 11.5 Å². The number of hydrogen-bond acceptors (Lipinski definition) is 7. The molecule has 4 rings (SSSR count). The second-order valence-corrected chi connectivity index (χ2v) is 7.85. The van der Waals surface area contributed by atoms with Gasteiger partial charge in [-0.25, -0.2) is 0 Å². The van der Waals surface area contributed by atoms with Gasteiger partial charge in [-0.05, 0) is 61.0 Å². The number of nitrogens with one attached hydrogen (secondary N) is 1. The molecule has 1 N–H and O–H groups in total. The van der Waals surface area contributed by atoms with Crippen LogP contribution in [0.1, 0.15) is 22.8 Å². The molecule has 0 amide bonds. The van der Waals surface area contributed by atoms with Gasteiger partial charge in [0.1, 0.15) is 5.75 Å². The van der Waals surface area contributed by atoms with E-state index in [4.69, 9.17) is 4.74 Å². The fraction of sp³-hybridized carbons (Fsp3) is 0.130. The van der Waals surface area contributed by atoms with Gasteiger partial charge in [0.15, 0.2) is 5.78 Å². The first-order valence-electron chi connectivity index (χ1n) is 9.82. The van der Waals surface area contributed by atoms with E-state index in [-0.39, 0.29) is 17.2 Å². The third-order valence-electron chi connectivity index (χ3n) is 4.71. The molecule has 0 atom stereocenters. The molecule has 0 aliphatic heterocycles. The Morgan fingerprint density at radius 3 is 2.34 bits per heavy atom. The Bertz CT molecular complexity index is 1270. The van der Waals surface area contributed by atoms with Gasteiger partial charge in [-0.1, -0.05) is 23.9 Å². The molecule has 2 heterocycles. The van der Waals surface area contributed by atoms with E-state index in [9.17, 15) is 9.59 Å². The summed E-state index contributed by atoms with van der Waals surface area (Å²) >= 11 is 1.41. The van der Waals surface area contributed by atoms with Gasteiger partial charge in [0.2, 0.25) is 11.0 Å². The van der Waals surface area contributed by atoms with Gasteiger partial charge in [-0.3, -0.25) is 14.3 Å². The van der Waals surface area contributed by atoms with Gasteiger partial charge in [-0.15, -0.1) is 10.2 Å². The maximum Gasteiger partial charge on any atom is 0.316 e. The highest BCUT2D eigenvalue weighted by atomic mass is 32.2. The van der Waals surface area contributed by atoms with Crippen molar-refractivity contribution in [2.24, 2.45) is 0 Å². The number of hydrogen-bond donors (Lipinski definition) is 1. The van der Waals surface area contributed by atoms with Crippen molar-refractivity contribution in [1.82, 2.24) is 19.5 Å². The summed E-state index contributed by atoms with van der Waals surface area (Å²) in [5.41, 5.74) is 1.96. The van der Waals surface area contributed by atoms with Crippen LogP contribution in [0.5, 0.6) is 5.75 Å². The summed E-state index contributed by atoms with van der Waals surface area (Å²) in [4.78, 5) is 24.7. The highest BCUT2D eigenvalue weighted by Gasteiger charge is 2.15. The molecular formula is C23H21N5O3S. The SMILES string of the molecule is COc1ccc(CSc2nnc(Nc3ccc(C(C)=O)cc3)c(=O)n2-n2cccc2)cc1. The molecule has 0 saturated carbocycles. The lowest BCUT2D eigenvalue weighted by Gasteiger charge is -2.14. The molecule has 0 spiro atoms. The van der Waals surface area contributed by atoms with E-state index in [1.54, 1.807) is 48.4 Å². The van der Waals surface area contributed by atoms with E-state index < -0.39 is 0 Å². The number of rotatable bonds is 8. The average Bonchev–Trinajstić information content (AvgIpc) is 3.34. The van der Waals surface area contributed by atoms with Crippen LogP contribution in [0.3, 0.4) is 0 Å². The van der Waals surface area contributed by atoms with Crippen LogP contribution in [-0.2, 0) is 5.75 Å². The van der Waals surface area contributed by atoms with Gasteiger partial charge >= 0.3 is 5.56 Å². The van der Waals surface area contributed by atoms with E-state index in [1.165, 1.54) is 23.4 Å². The summed E-state index contributed by atoms with van der Waals surface area (Å²) in [6.45, 7) is 1.51. The Labute approximate surface area is 188 Å². The number of Topliss-reactive ketones (excluding diaryl/α,β-unsaturated/α-hetero) is 1. The van der Waals surface area contributed by atoms with Gasteiger partial charge in [0.25, 0.3) is 0 Å². The van der Waals surface area contributed by atoms with Gasteiger partial charge in [-0.2, -0.15) is 4.68 Å². The number of ketones is 1. The highest BCUT2D eigenvalue weighted by Crippen LogP contribution is 2.22. The summed E-state index contributed by atoms with van der Waals surface area (Å²) < 4.78 is 8.32. The Morgan fingerprint density at radius 1 is 1.03 bits per heavy atom. The Balaban J connectivity index is 1.62. The van der Waals surface area contributed by atoms with Crippen LogP contribution in [0.25, 0.3) is 0 Å². The van der Waals surface area contributed by atoms with Gasteiger partial charge in [0, 0.05) is 29.4 Å². The van der Waals surface area contributed by atoms with Crippen LogP contribution in [0.15, 0.2) is 83.0 Å². The minimum atomic E-state index is -0.343. The number of carbonyl (C=O) groups excluding carboxylic acids is 1. The average molecular weight is 448 g/mol. The Kier molecular flexibility index (Phi) is 6.37. The van der Waals surface area contributed by atoms with E-state index in [1.807, 2.05) is 36.4 Å². The van der Waals surface area contributed by atoms with E-state index in [0.717, 1.165) is 11.3 Å². The predicted octanol–water partition coefficient (Wildman–Crippen LogP) is 4.00. The number of ether oxygens (including phenoxy) is 1. The summed E-state index contributed by atoms with van der Waals surface area (Å²) in [5.74, 6) is 1.46. The zero-order valence-electron chi connectivity index (χ0n) is 17.6. The molecule has 2 aromatic heterocycles. The maximum absolute atomic E-state index is 13.3. The quantitative estimate of drug-likeness (QED) is 0.322. The van der Waals surface area contributed by atoms with E-state index in [0.29, 0.717) is 22.2 Å². The monoisotopic (exact) mass is 447 g/mol. The van der Waals surface area contributed by atoms with Crippen molar-refractivity contribution in [3.8, 4) is 5.75 Å². The van der Waals surface area contributed by atoms with Crippen LogP contribution < -0.4 is 15.6 Å². The third kappa shape index (κ3) is 4.73. The van der Waals surface area contributed by atoms with Crippen molar-refractivity contribution in [2.45, 2.75) is 17.8 Å². The maximum atomic E-state index is 13.3. The number of thioether (sulfide) groups is 1. The summed E-state index contributed by atoms with van der Waals surface area (Å²) in [5, 5.41) is 11.9. The molecule has 9 heteroatoms. The normalized spacial score (nSPS) is 10.7. The topological polar surface area (TPSA) is 91.0 Å². The molecule has 0 fully saturated rings. The summed E-state index contributed by atoms with van der Waals surface area (Å²) in [7, 11) is 1.63. The first-order valence-corrected chi connectivity index (χ1v) is 10.8. The lowest BCUT2D eigenvalue weighted by molar-refractivity contribution is 0.101. The number of aromatic nitrogens is 4. The van der Waals surface area contributed by atoms with Crippen LogP contribution >= 0.6 is 11.8 Å². The molecular weight excluding hydrogens is 426 g/mol. The molecule has 2 aromatic carbocycles. The minimum absolute atomic E-state index is 0.0236. The van der Waals surface area contributed by atoms with Crippen molar-refractivity contribution < 1.29 is 9.53 Å². The predicted molar refractivity (Wildman–Crippen MR) is 124 cm³/mol. The van der Waals surface area contributed by atoms with Crippen LogP contribution in [-0.4, -0.2) is 32.4 Å².